The molecule has 9 nitrogen and oxygen atoms in total. The molecule has 1 unspecified atom stereocenters. The molecule has 54 heavy (non-hydrogen) atoms. The van der Waals surface area contributed by atoms with Crippen LogP contribution in [0.1, 0.15) is 174 Å². The summed E-state index contributed by atoms with van der Waals surface area (Å²) >= 11 is 0. The molecule has 0 aromatic carbocycles. The van der Waals surface area contributed by atoms with E-state index in [9.17, 15) is 19.0 Å². The predicted octanol–water partition coefficient (Wildman–Crippen LogP) is 12.1. The molecule has 0 saturated heterocycles. The van der Waals surface area contributed by atoms with Crippen LogP contribution < -0.4 is 5.73 Å². The van der Waals surface area contributed by atoms with Gasteiger partial charge in [-0.05, 0) is 77.0 Å². The zero-order chi connectivity index (χ0) is 39.6. The average molecular weight is 780 g/mol. The molecule has 0 radical (unpaired) electrons. The van der Waals surface area contributed by atoms with E-state index in [1.54, 1.807) is 0 Å². The van der Waals surface area contributed by atoms with Crippen LogP contribution in [0.25, 0.3) is 0 Å². The number of phosphoric acid groups is 1. The van der Waals surface area contributed by atoms with Crippen molar-refractivity contribution in [3.8, 4) is 0 Å². The quantitative estimate of drug-likeness (QED) is 0.0270. The first-order chi connectivity index (χ1) is 26.3. The van der Waals surface area contributed by atoms with E-state index < -0.39 is 32.5 Å². The molecule has 10 heteroatoms. The molecule has 3 N–H and O–H groups in total. The van der Waals surface area contributed by atoms with Crippen molar-refractivity contribution in [3.63, 3.8) is 0 Å². The standard InChI is InChI=1S/C44H78NO8P/c1-3-5-7-9-11-13-15-17-19-21-23-25-27-29-31-33-35-37-44(47)53-42(41-52-54(48,49)51-39-38-45)40-50-43(46)36-34-32-30-28-26-24-22-20-18-16-14-12-10-8-6-4-2/h11,13,17,19-20,22-23,25,29,31,42H,3-10,12,14-16,18,21,24,26-28,30,32-41,45H2,1-2H3,(H,48,49)/b13-11-,19-17-,22-20-,25-23-,31-29-/t42-/m1/s1. The minimum atomic E-state index is -4.39. The Morgan fingerprint density at radius 2 is 0.981 bits per heavy atom. The van der Waals surface area contributed by atoms with E-state index in [0.29, 0.717) is 19.3 Å². The molecule has 0 aliphatic heterocycles. The molecule has 0 heterocycles. The summed E-state index contributed by atoms with van der Waals surface area (Å²) in [6.07, 6.45) is 46.8. The molecule has 0 aliphatic rings. The highest BCUT2D eigenvalue weighted by molar-refractivity contribution is 7.47. The van der Waals surface area contributed by atoms with Crippen molar-refractivity contribution in [2.24, 2.45) is 5.73 Å². The fourth-order valence-electron chi connectivity index (χ4n) is 5.44. The second kappa shape index (κ2) is 40.4. The third kappa shape index (κ3) is 39.4. The lowest BCUT2D eigenvalue weighted by molar-refractivity contribution is -0.161. The summed E-state index contributed by atoms with van der Waals surface area (Å²) in [5, 5.41) is 0. The Kier molecular flexibility index (Phi) is 38.7. The van der Waals surface area contributed by atoms with Gasteiger partial charge < -0.3 is 20.1 Å². The smallest absolute Gasteiger partial charge is 0.462 e. The second-order valence-corrected chi connectivity index (χ2v) is 15.3. The minimum absolute atomic E-state index is 0.0415. The molecule has 0 saturated carbocycles. The Bertz CT molecular complexity index is 1070. The number of unbranched alkanes of at least 4 members (excludes halogenated alkanes) is 16. The Labute approximate surface area is 329 Å². The van der Waals surface area contributed by atoms with Gasteiger partial charge in [-0.3, -0.25) is 18.6 Å². The molecule has 2 atom stereocenters. The van der Waals surface area contributed by atoms with E-state index >= 15 is 0 Å². The predicted molar refractivity (Wildman–Crippen MR) is 224 cm³/mol. The number of rotatable bonds is 39. The zero-order valence-corrected chi connectivity index (χ0v) is 35.1. The lowest BCUT2D eigenvalue weighted by Crippen LogP contribution is -2.29. The number of esters is 2. The van der Waals surface area contributed by atoms with E-state index in [1.807, 2.05) is 6.08 Å². The molecule has 312 valence electrons. The first-order valence-electron chi connectivity index (χ1n) is 21.3. The Hall–Kier alpha value is -2.29. The highest BCUT2D eigenvalue weighted by Gasteiger charge is 2.25. The summed E-state index contributed by atoms with van der Waals surface area (Å²) in [5.41, 5.74) is 5.34. The van der Waals surface area contributed by atoms with Gasteiger partial charge in [-0.2, -0.15) is 0 Å². The van der Waals surface area contributed by atoms with Crippen molar-refractivity contribution < 1.29 is 37.6 Å². The topological polar surface area (TPSA) is 134 Å². The molecule has 0 fully saturated rings. The van der Waals surface area contributed by atoms with Crippen LogP contribution in [0.15, 0.2) is 60.8 Å². The number of ether oxygens (including phenoxy) is 2. The third-order valence-electron chi connectivity index (χ3n) is 8.63. The van der Waals surface area contributed by atoms with Crippen molar-refractivity contribution >= 4 is 19.8 Å². The van der Waals surface area contributed by atoms with E-state index in [-0.39, 0.29) is 32.6 Å². The minimum Gasteiger partial charge on any atom is -0.462 e. The average Bonchev–Trinajstić information content (AvgIpc) is 3.16. The van der Waals surface area contributed by atoms with Crippen LogP contribution >= 0.6 is 7.82 Å². The lowest BCUT2D eigenvalue weighted by atomic mass is 10.1. The number of carbonyl (C=O) groups is 2. The molecule has 0 amide bonds. The molecule has 0 bridgehead atoms. The van der Waals surface area contributed by atoms with Gasteiger partial charge >= 0.3 is 19.8 Å². The summed E-state index contributed by atoms with van der Waals surface area (Å²) in [6, 6.07) is 0. The third-order valence-corrected chi connectivity index (χ3v) is 9.61. The van der Waals surface area contributed by atoms with Crippen molar-refractivity contribution in [1.29, 1.82) is 0 Å². The summed E-state index contributed by atoms with van der Waals surface area (Å²) in [5.74, 6) is -0.907. The van der Waals surface area contributed by atoms with Gasteiger partial charge in [0.15, 0.2) is 6.10 Å². The lowest BCUT2D eigenvalue weighted by Gasteiger charge is -2.19. The zero-order valence-electron chi connectivity index (χ0n) is 34.2. The first kappa shape index (κ1) is 51.7. The Morgan fingerprint density at radius 3 is 1.54 bits per heavy atom. The van der Waals surface area contributed by atoms with E-state index in [1.165, 1.54) is 77.0 Å². The molecular weight excluding hydrogens is 701 g/mol. The molecular formula is C44H78NO8P. The van der Waals surface area contributed by atoms with Gasteiger partial charge in [0.2, 0.25) is 0 Å². The van der Waals surface area contributed by atoms with Crippen molar-refractivity contribution in [1.82, 2.24) is 0 Å². The largest absolute Gasteiger partial charge is 0.472 e. The maximum Gasteiger partial charge on any atom is 0.472 e. The van der Waals surface area contributed by atoms with Gasteiger partial charge in [0, 0.05) is 19.4 Å². The fourth-order valence-corrected chi connectivity index (χ4v) is 6.21. The highest BCUT2D eigenvalue weighted by Crippen LogP contribution is 2.43. The molecule has 0 rings (SSSR count). The SMILES string of the molecule is CCCCC/C=C\C/C=C\C/C=C\C/C=C\CCCC(=O)O[C@H](COC(=O)CCCCCCC/C=C\CCCCCCCCC)COP(=O)(O)OCCN. The first-order valence-corrected chi connectivity index (χ1v) is 22.8. The van der Waals surface area contributed by atoms with Gasteiger partial charge in [0.25, 0.3) is 0 Å². The number of hydrogen-bond donors (Lipinski definition) is 2. The van der Waals surface area contributed by atoms with Crippen LogP contribution in [0.2, 0.25) is 0 Å². The summed E-state index contributed by atoms with van der Waals surface area (Å²) < 4.78 is 32.7. The second-order valence-electron chi connectivity index (χ2n) is 13.8. The van der Waals surface area contributed by atoms with Crippen LogP contribution in [0.5, 0.6) is 0 Å². The maximum absolute atomic E-state index is 12.5. The van der Waals surface area contributed by atoms with Gasteiger partial charge in [-0.1, -0.05) is 145 Å². The van der Waals surface area contributed by atoms with Gasteiger partial charge in [0.05, 0.1) is 13.2 Å². The highest BCUT2D eigenvalue weighted by atomic mass is 31.2. The van der Waals surface area contributed by atoms with Crippen LogP contribution in [0, 0.1) is 0 Å². The van der Waals surface area contributed by atoms with Crippen LogP contribution in [0.3, 0.4) is 0 Å². The maximum atomic E-state index is 12.5. The summed E-state index contributed by atoms with van der Waals surface area (Å²) in [6.45, 7) is 3.62. The number of phosphoric ester groups is 1. The van der Waals surface area contributed by atoms with Crippen LogP contribution in [-0.4, -0.2) is 49.3 Å². The Morgan fingerprint density at radius 1 is 0.556 bits per heavy atom. The van der Waals surface area contributed by atoms with E-state index in [4.69, 9.17) is 24.3 Å². The summed E-state index contributed by atoms with van der Waals surface area (Å²) in [4.78, 5) is 34.8. The molecule has 0 aromatic rings. The number of carbonyl (C=O) groups excluding carboxylic acids is 2. The fraction of sp³-hybridized carbons (Fsp3) is 0.727. The van der Waals surface area contributed by atoms with Crippen molar-refractivity contribution in [2.45, 2.75) is 180 Å². The number of hydrogen-bond acceptors (Lipinski definition) is 8. The number of allylic oxidation sites excluding steroid dienone is 10. The van der Waals surface area contributed by atoms with Gasteiger partial charge in [-0.25, -0.2) is 4.57 Å². The summed E-state index contributed by atoms with van der Waals surface area (Å²) in [7, 11) is -4.39. The van der Waals surface area contributed by atoms with Crippen molar-refractivity contribution in [2.75, 3.05) is 26.4 Å². The normalized spacial score (nSPS) is 13.9. The molecule has 0 aliphatic carbocycles. The Balaban J connectivity index is 4.29. The van der Waals surface area contributed by atoms with Crippen LogP contribution in [0.4, 0.5) is 0 Å². The van der Waals surface area contributed by atoms with Crippen LogP contribution in [-0.2, 0) is 32.7 Å². The van der Waals surface area contributed by atoms with E-state index in [0.717, 1.165) is 51.4 Å². The molecule has 0 spiro atoms. The monoisotopic (exact) mass is 780 g/mol. The van der Waals surface area contributed by atoms with Gasteiger partial charge in [-0.15, -0.1) is 0 Å². The van der Waals surface area contributed by atoms with E-state index in [2.05, 4.69) is 68.5 Å². The number of nitrogens with two attached hydrogens (primary N) is 1. The van der Waals surface area contributed by atoms with Gasteiger partial charge in [0.1, 0.15) is 6.61 Å². The molecule has 0 aromatic heterocycles. The van der Waals surface area contributed by atoms with Crippen molar-refractivity contribution in [3.05, 3.63) is 60.8 Å².